The molecule has 1 N–H and O–H groups in total. The Balaban J connectivity index is 1.90. The van der Waals surface area contributed by atoms with E-state index in [1.165, 1.54) is 11.1 Å². The van der Waals surface area contributed by atoms with Crippen LogP contribution in [0.25, 0.3) is 22.3 Å². The van der Waals surface area contributed by atoms with Crippen molar-refractivity contribution < 1.29 is 14.6 Å². The fourth-order valence-corrected chi connectivity index (χ4v) is 4.76. The smallest absolute Gasteiger partial charge is 0.338 e. The average molecular weight is 429 g/mol. The molecule has 1 aliphatic rings. The van der Waals surface area contributed by atoms with Gasteiger partial charge in [0.15, 0.2) is 0 Å². The second-order valence-corrected chi connectivity index (χ2v) is 10.1. The van der Waals surface area contributed by atoms with Crippen molar-refractivity contribution >= 4 is 5.97 Å². The molecule has 0 bridgehead atoms. The number of benzene rings is 3. The Hall–Kier alpha value is -3.07. The zero-order chi connectivity index (χ0) is 23.1. The van der Waals surface area contributed by atoms with Gasteiger partial charge in [0, 0.05) is 0 Å². The predicted molar refractivity (Wildman–Crippen MR) is 130 cm³/mol. The van der Waals surface area contributed by atoms with Crippen LogP contribution >= 0.6 is 0 Å². The van der Waals surface area contributed by atoms with Crippen LogP contribution in [-0.2, 0) is 15.6 Å². The number of carbonyl (C=O) groups excluding carboxylic acids is 1. The van der Waals surface area contributed by atoms with Gasteiger partial charge in [-0.25, -0.2) is 4.79 Å². The largest absolute Gasteiger partial charge is 0.508 e. The molecule has 32 heavy (non-hydrogen) atoms. The summed E-state index contributed by atoms with van der Waals surface area (Å²) in [4.78, 5) is 12.8. The lowest BCUT2D eigenvalue weighted by molar-refractivity contribution is 0.0527. The Bertz CT molecular complexity index is 1150. The molecule has 3 heteroatoms. The summed E-state index contributed by atoms with van der Waals surface area (Å²) in [5.74, 6) is -0.0753. The van der Waals surface area contributed by atoms with Gasteiger partial charge in [-0.1, -0.05) is 64.1 Å². The van der Waals surface area contributed by atoms with Crippen LogP contribution in [0.1, 0.15) is 68.9 Å². The van der Waals surface area contributed by atoms with Gasteiger partial charge < -0.3 is 9.84 Å². The quantitative estimate of drug-likeness (QED) is 0.445. The number of fused-ring (bicyclic) bond motifs is 1. The summed E-state index contributed by atoms with van der Waals surface area (Å²) in [5.41, 5.74) is 7.42. The summed E-state index contributed by atoms with van der Waals surface area (Å²) in [7, 11) is 0. The fraction of sp³-hybridized carbons (Fsp3) is 0.345. The molecule has 0 amide bonds. The first-order valence-electron chi connectivity index (χ1n) is 11.4. The SMILES string of the molecule is CCOC(=O)c1ccc(-c2ccc(O)cc2)cc1-c1ccc2c(c1)C(C)(C)CCC2(C)C. The van der Waals surface area contributed by atoms with Crippen molar-refractivity contribution in [3.8, 4) is 28.0 Å². The molecule has 0 atom stereocenters. The third kappa shape index (κ3) is 4.04. The molecule has 0 unspecified atom stereocenters. The Kier molecular flexibility index (Phi) is 5.62. The van der Waals surface area contributed by atoms with Gasteiger partial charge in [0.2, 0.25) is 0 Å². The number of carbonyl (C=O) groups is 1. The molecule has 0 aromatic heterocycles. The van der Waals surface area contributed by atoms with Crippen LogP contribution < -0.4 is 0 Å². The van der Waals surface area contributed by atoms with Gasteiger partial charge in [-0.15, -0.1) is 0 Å². The Morgan fingerprint density at radius 2 is 1.41 bits per heavy atom. The van der Waals surface area contributed by atoms with E-state index < -0.39 is 0 Å². The molecule has 0 fully saturated rings. The van der Waals surface area contributed by atoms with Gasteiger partial charge in [-0.3, -0.25) is 0 Å². The van der Waals surface area contributed by atoms with Crippen molar-refractivity contribution in [3.05, 3.63) is 77.4 Å². The van der Waals surface area contributed by atoms with Crippen molar-refractivity contribution in [2.24, 2.45) is 0 Å². The molecule has 0 saturated carbocycles. The van der Waals surface area contributed by atoms with Crippen molar-refractivity contribution in [2.75, 3.05) is 6.61 Å². The van der Waals surface area contributed by atoms with Crippen molar-refractivity contribution in [1.29, 1.82) is 0 Å². The van der Waals surface area contributed by atoms with Crippen molar-refractivity contribution in [3.63, 3.8) is 0 Å². The van der Waals surface area contributed by atoms with Crippen LogP contribution in [0, 0.1) is 0 Å². The highest BCUT2D eigenvalue weighted by molar-refractivity contribution is 5.98. The number of aromatic hydroxyl groups is 1. The minimum absolute atomic E-state index is 0.0829. The lowest BCUT2D eigenvalue weighted by Crippen LogP contribution is -2.33. The van der Waals surface area contributed by atoms with E-state index in [0.29, 0.717) is 12.2 Å². The molecule has 0 saturated heterocycles. The van der Waals surface area contributed by atoms with E-state index in [1.54, 1.807) is 12.1 Å². The highest BCUT2D eigenvalue weighted by Gasteiger charge is 2.37. The van der Waals surface area contributed by atoms with Crippen molar-refractivity contribution in [1.82, 2.24) is 0 Å². The number of rotatable bonds is 4. The van der Waals surface area contributed by atoms with Gasteiger partial charge in [0.25, 0.3) is 0 Å². The average Bonchev–Trinajstić information content (AvgIpc) is 2.77. The van der Waals surface area contributed by atoms with Gasteiger partial charge >= 0.3 is 5.97 Å². The van der Waals surface area contributed by atoms with Crippen LogP contribution in [0.4, 0.5) is 0 Å². The lowest BCUT2D eigenvalue weighted by Gasteiger charge is -2.42. The number of ether oxygens (including phenoxy) is 1. The Labute approximate surface area is 191 Å². The summed E-state index contributed by atoms with van der Waals surface area (Å²) < 4.78 is 5.37. The van der Waals surface area contributed by atoms with Crippen molar-refractivity contribution in [2.45, 2.75) is 58.3 Å². The molecule has 3 nitrogen and oxygen atoms in total. The summed E-state index contributed by atoms with van der Waals surface area (Å²) in [5, 5.41) is 9.65. The molecule has 0 spiro atoms. The van der Waals surface area contributed by atoms with Crippen LogP contribution in [0.5, 0.6) is 5.75 Å². The predicted octanol–water partition coefficient (Wildman–Crippen LogP) is 7.25. The molecule has 3 aromatic rings. The standard InChI is InChI=1S/C29H32O3/c1-6-32-27(31)23-13-9-20(19-7-11-22(30)12-8-19)17-24(23)21-10-14-25-26(18-21)29(4,5)16-15-28(25,2)3/h7-14,17-18,30H,6,15-16H2,1-5H3. The van der Waals surface area contributed by atoms with E-state index in [0.717, 1.165) is 35.1 Å². The number of phenols is 1. The van der Waals surface area contributed by atoms with E-state index in [1.807, 2.05) is 31.2 Å². The van der Waals surface area contributed by atoms with E-state index in [-0.39, 0.29) is 22.5 Å². The molecule has 0 heterocycles. The zero-order valence-corrected chi connectivity index (χ0v) is 19.7. The number of hydrogen-bond donors (Lipinski definition) is 1. The third-order valence-corrected chi connectivity index (χ3v) is 6.88. The molecular weight excluding hydrogens is 396 g/mol. The first-order chi connectivity index (χ1) is 15.1. The maximum atomic E-state index is 12.8. The van der Waals surface area contributed by atoms with E-state index in [4.69, 9.17) is 4.74 Å². The molecule has 0 aliphatic heterocycles. The summed E-state index contributed by atoms with van der Waals surface area (Å²) in [6.45, 7) is 11.4. The Morgan fingerprint density at radius 1 is 0.812 bits per heavy atom. The maximum absolute atomic E-state index is 12.8. The van der Waals surface area contributed by atoms with Gasteiger partial charge in [0.05, 0.1) is 12.2 Å². The monoisotopic (exact) mass is 428 g/mol. The second-order valence-electron chi connectivity index (χ2n) is 10.1. The van der Waals surface area contributed by atoms with E-state index in [9.17, 15) is 9.90 Å². The minimum Gasteiger partial charge on any atom is -0.508 e. The van der Waals surface area contributed by atoms with E-state index >= 15 is 0 Å². The van der Waals surface area contributed by atoms with Crippen LogP contribution in [0.2, 0.25) is 0 Å². The van der Waals surface area contributed by atoms with Crippen LogP contribution in [-0.4, -0.2) is 17.7 Å². The minimum atomic E-state index is -0.308. The molecule has 166 valence electrons. The van der Waals surface area contributed by atoms with Gasteiger partial charge in [-0.2, -0.15) is 0 Å². The maximum Gasteiger partial charge on any atom is 0.338 e. The molecule has 0 radical (unpaired) electrons. The first kappa shape index (κ1) is 22.1. The Morgan fingerprint density at radius 3 is 2.06 bits per heavy atom. The lowest BCUT2D eigenvalue weighted by atomic mass is 9.63. The van der Waals surface area contributed by atoms with Gasteiger partial charge in [-0.05, 0) is 88.2 Å². The van der Waals surface area contributed by atoms with Crippen LogP contribution in [0.3, 0.4) is 0 Å². The second kappa shape index (κ2) is 8.12. The number of phenolic OH excluding ortho intramolecular Hbond substituents is 1. The highest BCUT2D eigenvalue weighted by Crippen LogP contribution is 2.47. The van der Waals surface area contributed by atoms with Gasteiger partial charge in [0.1, 0.15) is 5.75 Å². The van der Waals surface area contributed by atoms with Crippen LogP contribution in [0.15, 0.2) is 60.7 Å². The number of hydrogen-bond acceptors (Lipinski definition) is 3. The normalized spacial score (nSPS) is 16.3. The van der Waals surface area contributed by atoms with E-state index in [2.05, 4.69) is 52.0 Å². The third-order valence-electron chi connectivity index (χ3n) is 6.88. The number of esters is 1. The topological polar surface area (TPSA) is 46.5 Å². The first-order valence-corrected chi connectivity index (χ1v) is 11.4. The molecular formula is C29H32O3. The summed E-state index contributed by atoms with van der Waals surface area (Å²) in [6.07, 6.45) is 2.30. The zero-order valence-electron chi connectivity index (χ0n) is 19.7. The highest BCUT2D eigenvalue weighted by atomic mass is 16.5. The molecule has 4 rings (SSSR count). The molecule has 3 aromatic carbocycles. The fourth-order valence-electron chi connectivity index (χ4n) is 4.76. The summed E-state index contributed by atoms with van der Waals surface area (Å²) in [6, 6.07) is 19.6. The molecule has 1 aliphatic carbocycles. The summed E-state index contributed by atoms with van der Waals surface area (Å²) >= 11 is 0.